The molecular formula is C13H9BrCl2N2O. The molecule has 0 unspecified atom stereocenters. The summed E-state index contributed by atoms with van der Waals surface area (Å²) in [6.07, 6.45) is 0. The Morgan fingerprint density at radius 2 is 1.89 bits per heavy atom. The summed E-state index contributed by atoms with van der Waals surface area (Å²) < 4.78 is 0.664. The molecule has 98 valence electrons. The van der Waals surface area contributed by atoms with Crippen LogP contribution in [0.1, 0.15) is 10.4 Å². The van der Waals surface area contributed by atoms with E-state index in [2.05, 4.69) is 21.2 Å². The molecule has 0 aliphatic heterocycles. The third-order valence-corrected chi connectivity index (χ3v) is 3.69. The first-order chi connectivity index (χ1) is 8.97. The molecule has 0 fully saturated rings. The van der Waals surface area contributed by atoms with Gasteiger partial charge in [0.2, 0.25) is 0 Å². The maximum Gasteiger partial charge on any atom is 0.255 e. The molecule has 0 aliphatic rings. The Kier molecular flexibility index (Phi) is 4.34. The summed E-state index contributed by atoms with van der Waals surface area (Å²) in [6, 6.07) is 9.79. The van der Waals surface area contributed by atoms with Crippen LogP contribution in [0.25, 0.3) is 0 Å². The second kappa shape index (κ2) is 5.82. The van der Waals surface area contributed by atoms with Crippen LogP contribution >= 0.6 is 39.1 Å². The Morgan fingerprint density at radius 3 is 2.58 bits per heavy atom. The SMILES string of the molecule is Nc1ccc(C(=O)Nc2cc(Cl)ccc2Cl)cc1Br. The maximum atomic E-state index is 12.1. The van der Waals surface area contributed by atoms with Crippen LogP contribution in [0.5, 0.6) is 0 Å². The number of benzene rings is 2. The molecule has 2 aromatic rings. The molecule has 0 aliphatic carbocycles. The average molecular weight is 360 g/mol. The van der Waals surface area contributed by atoms with E-state index in [-0.39, 0.29) is 5.91 Å². The van der Waals surface area contributed by atoms with Crippen LogP contribution in [0.4, 0.5) is 11.4 Å². The molecule has 19 heavy (non-hydrogen) atoms. The van der Waals surface area contributed by atoms with Gasteiger partial charge in [0.15, 0.2) is 0 Å². The quantitative estimate of drug-likeness (QED) is 0.770. The van der Waals surface area contributed by atoms with Gasteiger partial charge in [0.05, 0.1) is 10.7 Å². The monoisotopic (exact) mass is 358 g/mol. The van der Waals surface area contributed by atoms with E-state index in [0.717, 1.165) is 0 Å². The lowest BCUT2D eigenvalue weighted by Gasteiger charge is -2.08. The van der Waals surface area contributed by atoms with Gasteiger partial charge in [-0.05, 0) is 52.3 Å². The zero-order valence-corrected chi connectivity index (χ0v) is 12.7. The maximum absolute atomic E-state index is 12.1. The molecule has 0 bridgehead atoms. The molecular weight excluding hydrogens is 351 g/mol. The lowest BCUT2D eigenvalue weighted by Crippen LogP contribution is -2.12. The van der Waals surface area contributed by atoms with Gasteiger partial charge in [-0.2, -0.15) is 0 Å². The zero-order valence-electron chi connectivity index (χ0n) is 9.58. The zero-order chi connectivity index (χ0) is 14.0. The third-order valence-electron chi connectivity index (χ3n) is 2.44. The summed E-state index contributed by atoms with van der Waals surface area (Å²) in [7, 11) is 0. The van der Waals surface area contributed by atoms with Crippen molar-refractivity contribution < 1.29 is 4.79 Å². The van der Waals surface area contributed by atoms with Gasteiger partial charge in [-0.25, -0.2) is 0 Å². The van der Waals surface area contributed by atoms with E-state index in [4.69, 9.17) is 28.9 Å². The minimum Gasteiger partial charge on any atom is -0.398 e. The standard InChI is InChI=1S/C13H9BrCl2N2O/c14-9-5-7(1-4-11(9)17)13(19)18-12-6-8(15)2-3-10(12)16/h1-6H,17H2,(H,18,19). The van der Waals surface area contributed by atoms with Gasteiger partial charge in [0, 0.05) is 20.7 Å². The molecule has 0 saturated carbocycles. The van der Waals surface area contributed by atoms with E-state index in [1.165, 1.54) is 0 Å². The second-order valence-corrected chi connectivity index (χ2v) is 5.51. The van der Waals surface area contributed by atoms with Crippen molar-refractivity contribution in [3.05, 3.63) is 56.5 Å². The van der Waals surface area contributed by atoms with Gasteiger partial charge in [-0.15, -0.1) is 0 Å². The Morgan fingerprint density at radius 1 is 1.16 bits per heavy atom. The predicted octanol–water partition coefficient (Wildman–Crippen LogP) is 4.59. The molecule has 2 rings (SSSR count). The van der Waals surface area contributed by atoms with Gasteiger partial charge in [0.25, 0.3) is 5.91 Å². The van der Waals surface area contributed by atoms with Crippen LogP contribution in [-0.2, 0) is 0 Å². The van der Waals surface area contributed by atoms with Crippen molar-refractivity contribution in [2.45, 2.75) is 0 Å². The lowest BCUT2D eigenvalue weighted by molar-refractivity contribution is 0.102. The summed E-state index contributed by atoms with van der Waals surface area (Å²) in [4.78, 5) is 12.1. The number of carbonyl (C=O) groups is 1. The number of hydrogen-bond acceptors (Lipinski definition) is 2. The highest BCUT2D eigenvalue weighted by Crippen LogP contribution is 2.26. The Hall–Kier alpha value is -1.23. The Bertz CT molecular complexity index is 647. The number of amides is 1. The first-order valence-corrected chi connectivity index (χ1v) is 6.83. The number of halogens is 3. The van der Waals surface area contributed by atoms with Gasteiger partial charge in [-0.3, -0.25) is 4.79 Å². The fourth-order valence-electron chi connectivity index (χ4n) is 1.46. The molecule has 3 N–H and O–H groups in total. The fraction of sp³-hybridized carbons (Fsp3) is 0. The van der Waals surface area contributed by atoms with Crippen LogP contribution in [-0.4, -0.2) is 5.91 Å². The fourth-order valence-corrected chi connectivity index (χ4v) is 2.17. The summed E-state index contributed by atoms with van der Waals surface area (Å²) >= 11 is 15.1. The van der Waals surface area contributed by atoms with Gasteiger partial charge in [-0.1, -0.05) is 23.2 Å². The van der Waals surface area contributed by atoms with Crippen LogP contribution < -0.4 is 11.1 Å². The van der Waals surface area contributed by atoms with Crippen molar-refractivity contribution in [2.24, 2.45) is 0 Å². The number of nitrogen functional groups attached to an aromatic ring is 1. The predicted molar refractivity (Wildman–Crippen MR) is 83.0 cm³/mol. The Balaban J connectivity index is 2.25. The number of nitrogens with one attached hydrogen (secondary N) is 1. The molecule has 2 aromatic carbocycles. The smallest absolute Gasteiger partial charge is 0.255 e. The van der Waals surface area contributed by atoms with Crippen molar-refractivity contribution in [3.8, 4) is 0 Å². The first kappa shape index (κ1) is 14.2. The third kappa shape index (κ3) is 3.41. The van der Waals surface area contributed by atoms with Crippen molar-refractivity contribution in [1.82, 2.24) is 0 Å². The number of carbonyl (C=O) groups excluding carboxylic acids is 1. The van der Waals surface area contributed by atoms with Crippen LogP contribution in [0.2, 0.25) is 10.0 Å². The molecule has 0 radical (unpaired) electrons. The highest BCUT2D eigenvalue weighted by Gasteiger charge is 2.10. The first-order valence-electron chi connectivity index (χ1n) is 5.29. The van der Waals surface area contributed by atoms with E-state index >= 15 is 0 Å². The topological polar surface area (TPSA) is 55.1 Å². The highest BCUT2D eigenvalue weighted by molar-refractivity contribution is 9.10. The number of anilines is 2. The normalized spacial score (nSPS) is 10.3. The molecule has 3 nitrogen and oxygen atoms in total. The molecule has 0 saturated heterocycles. The molecule has 1 amide bonds. The van der Waals surface area contributed by atoms with Crippen molar-refractivity contribution in [3.63, 3.8) is 0 Å². The van der Waals surface area contributed by atoms with Crippen molar-refractivity contribution >= 4 is 56.4 Å². The summed E-state index contributed by atoms with van der Waals surface area (Å²) in [5.41, 5.74) is 7.17. The summed E-state index contributed by atoms with van der Waals surface area (Å²) in [6.45, 7) is 0. The highest BCUT2D eigenvalue weighted by atomic mass is 79.9. The average Bonchev–Trinajstić information content (AvgIpc) is 2.37. The van der Waals surface area contributed by atoms with Crippen LogP contribution in [0, 0.1) is 0 Å². The second-order valence-electron chi connectivity index (χ2n) is 3.81. The van der Waals surface area contributed by atoms with Crippen molar-refractivity contribution in [2.75, 3.05) is 11.1 Å². The largest absolute Gasteiger partial charge is 0.398 e. The number of hydrogen-bond donors (Lipinski definition) is 2. The number of nitrogens with two attached hydrogens (primary N) is 1. The lowest BCUT2D eigenvalue weighted by atomic mass is 10.2. The molecule has 0 spiro atoms. The minimum absolute atomic E-state index is 0.287. The van der Waals surface area contributed by atoms with Crippen LogP contribution in [0.15, 0.2) is 40.9 Å². The molecule has 0 heterocycles. The minimum atomic E-state index is -0.287. The van der Waals surface area contributed by atoms with Gasteiger partial charge >= 0.3 is 0 Å². The van der Waals surface area contributed by atoms with Gasteiger partial charge < -0.3 is 11.1 Å². The van der Waals surface area contributed by atoms with Crippen LogP contribution in [0.3, 0.4) is 0 Å². The summed E-state index contributed by atoms with van der Waals surface area (Å²) in [5.74, 6) is -0.287. The van der Waals surface area contributed by atoms with E-state index in [1.54, 1.807) is 36.4 Å². The molecule has 6 heteroatoms. The molecule has 0 atom stereocenters. The number of rotatable bonds is 2. The summed E-state index contributed by atoms with van der Waals surface area (Å²) in [5, 5.41) is 3.62. The van der Waals surface area contributed by atoms with E-state index < -0.39 is 0 Å². The molecule has 0 aromatic heterocycles. The van der Waals surface area contributed by atoms with E-state index in [1.807, 2.05) is 0 Å². The van der Waals surface area contributed by atoms with Crippen molar-refractivity contribution in [1.29, 1.82) is 0 Å². The Labute approximate surface area is 128 Å². The van der Waals surface area contributed by atoms with E-state index in [9.17, 15) is 4.79 Å². The van der Waals surface area contributed by atoms with E-state index in [0.29, 0.717) is 31.5 Å². The van der Waals surface area contributed by atoms with Gasteiger partial charge in [0.1, 0.15) is 0 Å².